The maximum atomic E-state index is 14.3. The van der Waals surface area contributed by atoms with Crippen molar-refractivity contribution in [1.29, 1.82) is 0 Å². The lowest BCUT2D eigenvalue weighted by Gasteiger charge is -2.26. The van der Waals surface area contributed by atoms with Gasteiger partial charge in [0.1, 0.15) is 22.8 Å². The summed E-state index contributed by atoms with van der Waals surface area (Å²) in [4.78, 5) is 27.1. The standard InChI is InChI=1S/C22H24FN5OS/c1-14-6-7-17(16(23)11-14)26-21-20-15-8-10-28(19(29)5-4-9-27(2)3)12-18(15)30-22(20)25-13-24-21/h4-7,11,13H,8-10,12H2,1-3H3,(H,24,25,26)/b5-4+. The van der Waals surface area contributed by atoms with Crippen LogP contribution in [0, 0.1) is 12.7 Å². The Kier molecular flexibility index (Phi) is 5.78. The molecule has 3 heterocycles. The number of aryl methyl sites for hydroxylation is 1. The van der Waals surface area contributed by atoms with E-state index in [-0.39, 0.29) is 11.7 Å². The zero-order valence-corrected chi connectivity index (χ0v) is 18.1. The molecule has 3 aromatic rings. The predicted molar refractivity (Wildman–Crippen MR) is 119 cm³/mol. The molecule has 0 saturated carbocycles. The number of carbonyl (C=O) groups excluding carboxylic acids is 1. The van der Waals surface area contributed by atoms with Crippen LogP contribution in [-0.4, -0.2) is 52.9 Å². The number of rotatable bonds is 5. The van der Waals surface area contributed by atoms with Crippen LogP contribution in [0.2, 0.25) is 0 Å². The van der Waals surface area contributed by atoms with Crippen molar-refractivity contribution >= 4 is 39.0 Å². The Bertz CT molecular complexity index is 1120. The molecule has 2 aromatic heterocycles. The van der Waals surface area contributed by atoms with E-state index in [2.05, 4.69) is 15.3 Å². The summed E-state index contributed by atoms with van der Waals surface area (Å²) >= 11 is 1.57. The van der Waals surface area contributed by atoms with Crippen molar-refractivity contribution in [2.45, 2.75) is 19.9 Å². The molecule has 0 bridgehead atoms. The number of nitrogens with zero attached hydrogens (tertiary/aromatic N) is 4. The zero-order chi connectivity index (χ0) is 21.3. The predicted octanol–water partition coefficient (Wildman–Crippen LogP) is 3.88. The highest BCUT2D eigenvalue weighted by Gasteiger charge is 2.25. The Balaban J connectivity index is 1.60. The number of thiophene rings is 1. The van der Waals surface area contributed by atoms with Gasteiger partial charge in [0, 0.05) is 24.0 Å². The summed E-state index contributed by atoms with van der Waals surface area (Å²) in [5, 5.41) is 4.06. The summed E-state index contributed by atoms with van der Waals surface area (Å²) in [6.45, 7) is 3.78. The molecule has 0 spiro atoms. The fourth-order valence-corrected chi connectivity index (χ4v) is 4.73. The van der Waals surface area contributed by atoms with Gasteiger partial charge >= 0.3 is 0 Å². The third-order valence-electron chi connectivity index (χ3n) is 5.06. The number of nitrogens with one attached hydrogen (secondary N) is 1. The smallest absolute Gasteiger partial charge is 0.246 e. The molecule has 0 fully saturated rings. The van der Waals surface area contributed by atoms with Gasteiger partial charge in [-0.05, 0) is 50.7 Å². The molecule has 4 rings (SSSR count). The van der Waals surface area contributed by atoms with Crippen LogP contribution in [0.1, 0.15) is 16.0 Å². The van der Waals surface area contributed by atoms with Crippen LogP contribution < -0.4 is 5.32 Å². The van der Waals surface area contributed by atoms with Gasteiger partial charge in [0.05, 0.1) is 17.6 Å². The lowest BCUT2D eigenvalue weighted by molar-refractivity contribution is -0.126. The van der Waals surface area contributed by atoms with Crippen molar-refractivity contribution < 1.29 is 9.18 Å². The fraction of sp³-hybridized carbons (Fsp3) is 0.318. The van der Waals surface area contributed by atoms with Gasteiger partial charge in [-0.15, -0.1) is 11.3 Å². The van der Waals surface area contributed by atoms with E-state index in [9.17, 15) is 9.18 Å². The van der Waals surface area contributed by atoms with Gasteiger partial charge in [-0.3, -0.25) is 4.79 Å². The maximum absolute atomic E-state index is 14.3. The molecule has 1 amide bonds. The van der Waals surface area contributed by atoms with Crippen LogP contribution in [-0.2, 0) is 17.8 Å². The van der Waals surface area contributed by atoms with E-state index < -0.39 is 0 Å². The normalized spacial score (nSPS) is 14.0. The van der Waals surface area contributed by atoms with E-state index in [0.29, 0.717) is 24.6 Å². The van der Waals surface area contributed by atoms with Crippen molar-refractivity contribution in [3.05, 3.63) is 58.5 Å². The highest BCUT2D eigenvalue weighted by atomic mass is 32.1. The van der Waals surface area contributed by atoms with Crippen LogP contribution in [0.5, 0.6) is 0 Å². The Hall–Kier alpha value is -2.84. The van der Waals surface area contributed by atoms with E-state index in [1.165, 1.54) is 12.4 Å². The topological polar surface area (TPSA) is 61.4 Å². The summed E-state index contributed by atoms with van der Waals surface area (Å²) in [7, 11) is 3.93. The Morgan fingerprint density at radius 2 is 2.20 bits per heavy atom. The van der Waals surface area contributed by atoms with E-state index in [4.69, 9.17) is 0 Å². The molecule has 1 aliphatic rings. The summed E-state index contributed by atoms with van der Waals surface area (Å²) in [5.41, 5.74) is 2.40. The molecule has 1 aromatic carbocycles. The number of amides is 1. The second-order valence-electron chi connectivity index (χ2n) is 7.69. The molecular weight excluding hydrogens is 401 g/mol. The second-order valence-corrected chi connectivity index (χ2v) is 8.77. The lowest BCUT2D eigenvalue weighted by atomic mass is 10.0. The van der Waals surface area contributed by atoms with Crippen molar-refractivity contribution in [3.8, 4) is 0 Å². The minimum absolute atomic E-state index is 0.0196. The maximum Gasteiger partial charge on any atom is 0.246 e. The molecule has 0 radical (unpaired) electrons. The Labute approximate surface area is 179 Å². The van der Waals surface area contributed by atoms with Crippen LogP contribution >= 0.6 is 11.3 Å². The van der Waals surface area contributed by atoms with Gasteiger partial charge in [0.15, 0.2) is 0 Å². The first-order valence-electron chi connectivity index (χ1n) is 9.81. The van der Waals surface area contributed by atoms with Crippen LogP contribution in [0.4, 0.5) is 15.9 Å². The number of benzene rings is 1. The molecule has 0 aliphatic carbocycles. The van der Waals surface area contributed by atoms with Crippen LogP contribution in [0.25, 0.3) is 10.2 Å². The molecule has 8 heteroatoms. The minimum atomic E-state index is -0.313. The Morgan fingerprint density at radius 1 is 1.37 bits per heavy atom. The SMILES string of the molecule is Cc1ccc(Nc2ncnc3sc4c(c23)CCN(C(=O)/C=C/CN(C)C)C4)c(F)c1. The summed E-state index contributed by atoms with van der Waals surface area (Å²) in [6, 6.07) is 5.08. The van der Waals surface area contributed by atoms with Crippen molar-refractivity contribution in [2.75, 3.05) is 32.5 Å². The van der Waals surface area contributed by atoms with Crippen LogP contribution in [0.15, 0.2) is 36.7 Å². The van der Waals surface area contributed by atoms with Gasteiger partial charge in [-0.25, -0.2) is 14.4 Å². The largest absolute Gasteiger partial charge is 0.337 e. The summed E-state index contributed by atoms with van der Waals surface area (Å²) in [5.74, 6) is 0.309. The number of aromatic nitrogens is 2. The van der Waals surface area contributed by atoms with Crippen molar-refractivity contribution in [1.82, 2.24) is 19.8 Å². The zero-order valence-electron chi connectivity index (χ0n) is 17.3. The number of hydrogen-bond acceptors (Lipinski definition) is 6. The number of anilines is 2. The molecule has 1 N–H and O–H groups in total. The number of hydrogen-bond donors (Lipinski definition) is 1. The molecule has 30 heavy (non-hydrogen) atoms. The van der Waals surface area contributed by atoms with Gasteiger partial charge < -0.3 is 15.1 Å². The number of likely N-dealkylation sites (N-methyl/N-ethyl adjacent to an activating group) is 1. The van der Waals surface area contributed by atoms with E-state index in [1.54, 1.807) is 23.5 Å². The first kappa shape index (κ1) is 20.4. The number of halogens is 1. The first-order valence-corrected chi connectivity index (χ1v) is 10.6. The summed E-state index contributed by atoms with van der Waals surface area (Å²) in [6.07, 6.45) is 5.74. The average Bonchev–Trinajstić information content (AvgIpc) is 3.08. The molecule has 1 aliphatic heterocycles. The van der Waals surface area contributed by atoms with E-state index in [0.717, 1.165) is 39.2 Å². The second kappa shape index (κ2) is 8.49. The highest BCUT2D eigenvalue weighted by Crippen LogP contribution is 2.38. The molecule has 6 nitrogen and oxygen atoms in total. The minimum Gasteiger partial charge on any atom is -0.337 e. The van der Waals surface area contributed by atoms with Crippen molar-refractivity contribution in [2.24, 2.45) is 0 Å². The van der Waals surface area contributed by atoms with Gasteiger partial charge in [0.2, 0.25) is 5.91 Å². The monoisotopic (exact) mass is 425 g/mol. The van der Waals surface area contributed by atoms with Gasteiger partial charge in [0.25, 0.3) is 0 Å². The molecular formula is C22H24FN5OS. The Morgan fingerprint density at radius 3 is 2.97 bits per heavy atom. The number of carbonyl (C=O) groups is 1. The third-order valence-corrected chi connectivity index (χ3v) is 6.18. The van der Waals surface area contributed by atoms with Crippen molar-refractivity contribution in [3.63, 3.8) is 0 Å². The first-order chi connectivity index (χ1) is 14.4. The van der Waals surface area contributed by atoms with E-state index in [1.807, 2.05) is 43.0 Å². The van der Waals surface area contributed by atoms with Gasteiger partial charge in [-0.2, -0.15) is 0 Å². The van der Waals surface area contributed by atoms with Gasteiger partial charge in [-0.1, -0.05) is 12.1 Å². The third kappa shape index (κ3) is 4.20. The number of fused-ring (bicyclic) bond motifs is 3. The summed E-state index contributed by atoms with van der Waals surface area (Å²) < 4.78 is 14.3. The molecule has 0 saturated heterocycles. The fourth-order valence-electron chi connectivity index (χ4n) is 3.53. The lowest BCUT2D eigenvalue weighted by Crippen LogP contribution is -2.34. The quantitative estimate of drug-likeness (QED) is 0.629. The molecule has 156 valence electrons. The highest BCUT2D eigenvalue weighted by molar-refractivity contribution is 7.19. The van der Waals surface area contributed by atoms with Crippen LogP contribution in [0.3, 0.4) is 0 Å². The molecule has 0 unspecified atom stereocenters. The van der Waals surface area contributed by atoms with E-state index >= 15 is 0 Å². The molecule has 0 atom stereocenters. The average molecular weight is 426 g/mol.